The lowest BCUT2D eigenvalue weighted by Gasteiger charge is -2.38. The zero-order chi connectivity index (χ0) is 28.7. The fraction of sp³-hybridized carbons (Fsp3) is 0.269. The minimum atomic E-state index is -3.28. The third kappa shape index (κ3) is 4.17. The molecule has 0 aliphatic carbocycles. The number of aliphatic hydroxyl groups is 3. The van der Waals surface area contributed by atoms with Gasteiger partial charge in [0.1, 0.15) is 18.0 Å². The molecule has 3 aromatic rings. The van der Waals surface area contributed by atoms with E-state index in [1.807, 2.05) is 0 Å². The molecule has 13 nitrogen and oxygen atoms in total. The first-order chi connectivity index (χ1) is 18.4. The number of imidazole rings is 1. The maximum absolute atomic E-state index is 14.1. The molecular weight excluding hydrogens is 514 g/mol. The third-order valence-electron chi connectivity index (χ3n) is 6.72. The van der Waals surface area contributed by atoms with E-state index in [1.54, 1.807) is 0 Å². The SMILES string of the molecule is CC(=O)c1ccccc1C(=O)[C@@]1(O)[C@@H](CO)O[C@@H](c2cnc([N+](=O)[O-])[nH]2)[C@]1(O)C(=O)c1ccccc1C(C)=O. The molecule has 1 fully saturated rings. The van der Waals surface area contributed by atoms with Crippen molar-refractivity contribution in [3.8, 4) is 0 Å². The molecule has 13 heteroatoms. The lowest BCUT2D eigenvalue weighted by Crippen LogP contribution is -2.67. The second-order valence-corrected chi connectivity index (χ2v) is 9.00. The largest absolute Gasteiger partial charge is 0.432 e. The molecule has 0 spiro atoms. The van der Waals surface area contributed by atoms with Gasteiger partial charge >= 0.3 is 5.95 Å². The Balaban J connectivity index is 2.02. The van der Waals surface area contributed by atoms with Crippen molar-refractivity contribution in [2.75, 3.05) is 6.61 Å². The zero-order valence-corrected chi connectivity index (χ0v) is 20.7. The fourth-order valence-corrected chi connectivity index (χ4v) is 4.83. The monoisotopic (exact) mass is 537 g/mol. The highest BCUT2D eigenvalue weighted by molar-refractivity contribution is 6.18. The number of aromatic amines is 1. The number of carbonyl (C=O) groups is 4. The van der Waals surface area contributed by atoms with Gasteiger partial charge in [-0.1, -0.05) is 53.5 Å². The number of nitro groups is 1. The van der Waals surface area contributed by atoms with Crippen LogP contribution in [0.3, 0.4) is 0 Å². The Morgan fingerprint density at radius 3 is 1.79 bits per heavy atom. The number of benzene rings is 2. The molecular formula is C26H23N3O10. The molecule has 4 N–H and O–H groups in total. The van der Waals surface area contributed by atoms with Crippen LogP contribution in [0.5, 0.6) is 0 Å². The van der Waals surface area contributed by atoms with Crippen LogP contribution in [0, 0.1) is 10.1 Å². The number of aliphatic hydroxyl groups excluding tert-OH is 1. The molecule has 0 bridgehead atoms. The van der Waals surface area contributed by atoms with Gasteiger partial charge in [-0.05, 0) is 18.8 Å². The van der Waals surface area contributed by atoms with Gasteiger partial charge in [-0.15, -0.1) is 0 Å². The van der Waals surface area contributed by atoms with Crippen molar-refractivity contribution in [3.63, 3.8) is 0 Å². The van der Waals surface area contributed by atoms with E-state index < -0.39 is 64.0 Å². The van der Waals surface area contributed by atoms with E-state index >= 15 is 0 Å². The number of Topliss-reactive ketones (excluding diaryl/α,β-unsaturated/α-hetero) is 4. The van der Waals surface area contributed by atoms with Crippen molar-refractivity contribution in [1.82, 2.24) is 9.97 Å². The highest BCUT2D eigenvalue weighted by Gasteiger charge is 2.74. The maximum atomic E-state index is 14.1. The molecule has 202 valence electrons. The van der Waals surface area contributed by atoms with Crippen molar-refractivity contribution < 1.29 is 44.2 Å². The van der Waals surface area contributed by atoms with E-state index in [-0.39, 0.29) is 27.9 Å². The summed E-state index contributed by atoms with van der Waals surface area (Å²) in [5.74, 6) is -4.62. The highest BCUT2D eigenvalue weighted by atomic mass is 16.6. The second kappa shape index (κ2) is 10.0. The van der Waals surface area contributed by atoms with Crippen LogP contribution < -0.4 is 0 Å². The number of hydrogen-bond donors (Lipinski definition) is 4. The molecule has 0 radical (unpaired) electrons. The number of carbonyl (C=O) groups excluding carboxylic acids is 4. The molecule has 2 aromatic carbocycles. The average Bonchev–Trinajstić information content (AvgIpc) is 3.50. The lowest BCUT2D eigenvalue weighted by molar-refractivity contribution is -0.393. The Morgan fingerprint density at radius 1 is 0.923 bits per heavy atom. The molecule has 0 unspecified atom stereocenters. The summed E-state index contributed by atoms with van der Waals surface area (Å²) in [6, 6.07) is 10.6. The maximum Gasteiger partial charge on any atom is 0.432 e. The molecule has 1 saturated heterocycles. The number of nitrogens with one attached hydrogen (secondary N) is 1. The van der Waals surface area contributed by atoms with Crippen LogP contribution >= 0.6 is 0 Å². The molecule has 0 amide bonds. The predicted octanol–water partition coefficient (Wildman–Crippen LogP) is 1.38. The van der Waals surface area contributed by atoms with Crippen LogP contribution in [-0.2, 0) is 4.74 Å². The quantitative estimate of drug-likeness (QED) is 0.174. The minimum absolute atomic E-state index is 0.146. The van der Waals surface area contributed by atoms with Gasteiger partial charge in [0.05, 0.1) is 6.61 Å². The topological polar surface area (TPSA) is 210 Å². The molecule has 4 atom stereocenters. The van der Waals surface area contributed by atoms with E-state index in [0.29, 0.717) is 0 Å². The van der Waals surface area contributed by atoms with E-state index in [9.17, 15) is 44.6 Å². The first-order valence-electron chi connectivity index (χ1n) is 11.6. The number of rotatable bonds is 9. The molecule has 2 heterocycles. The molecule has 1 aliphatic rings. The van der Waals surface area contributed by atoms with Gasteiger partial charge in [0, 0.05) is 22.3 Å². The smallest absolute Gasteiger partial charge is 0.394 e. The Morgan fingerprint density at radius 2 is 1.38 bits per heavy atom. The number of hydrogen-bond acceptors (Lipinski definition) is 11. The van der Waals surface area contributed by atoms with Crippen LogP contribution in [0.1, 0.15) is 67.1 Å². The van der Waals surface area contributed by atoms with Crippen molar-refractivity contribution in [2.45, 2.75) is 37.3 Å². The number of H-pyrrole nitrogens is 1. The van der Waals surface area contributed by atoms with Gasteiger partial charge in [0.15, 0.2) is 28.9 Å². The summed E-state index contributed by atoms with van der Waals surface area (Å²) in [5.41, 5.74) is -7.98. The number of aromatic nitrogens is 2. The van der Waals surface area contributed by atoms with Crippen molar-refractivity contribution in [3.05, 3.63) is 92.8 Å². The van der Waals surface area contributed by atoms with Gasteiger partial charge in [-0.2, -0.15) is 0 Å². The van der Waals surface area contributed by atoms with Gasteiger partial charge < -0.3 is 30.2 Å². The first kappa shape index (κ1) is 27.6. The van der Waals surface area contributed by atoms with Crippen LogP contribution in [0.25, 0.3) is 0 Å². The summed E-state index contributed by atoms with van der Waals surface area (Å²) in [6.07, 6.45) is -3.11. The number of ether oxygens (including phenoxy) is 1. The van der Waals surface area contributed by atoms with E-state index in [1.165, 1.54) is 48.5 Å². The third-order valence-corrected chi connectivity index (χ3v) is 6.72. The zero-order valence-electron chi connectivity index (χ0n) is 20.7. The normalized spacial score (nSPS) is 24.3. The summed E-state index contributed by atoms with van der Waals surface area (Å²) in [5, 5.41) is 45.6. The van der Waals surface area contributed by atoms with Crippen LogP contribution in [0.2, 0.25) is 0 Å². The minimum Gasteiger partial charge on any atom is -0.394 e. The van der Waals surface area contributed by atoms with Gasteiger partial charge in [0.2, 0.25) is 11.6 Å². The average molecular weight is 537 g/mol. The van der Waals surface area contributed by atoms with Crippen LogP contribution in [0.4, 0.5) is 5.95 Å². The molecule has 1 aliphatic heterocycles. The molecule has 1 aromatic heterocycles. The Bertz CT molecular complexity index is 1510. The van der Waals surface area contributed by atoms with E-state index in [0.717, 1.165) is 20.0 Å². The molecule has 39 heavy (non-hydrogen) atoms. The van der Waals surface area contributed by atoms with Crippen molar-refractivity contribution in [2.24, 2.45) is 0 Å². The first-order valence-corrected chi connectivity index (χ1v) is 11.6. The summed E-state index contributed by atoms with van der Waals surface area (Å²) in [4.78, 5) is 68.9. The standard InChI is InChI=1S/C26H23N3O10/c1-13(31)15-7-3-5-9-17(15)21(33)25(35)20(12-30)39-23(19-11-27-24(28-19)29(37)38)26(25,36)22(34)18-10-6-4-8-16(18)14(2)32/h3-11,20,23,30,35-36H,12H2,1-2H3,(H,27,28)/t20-,23+,25+,26-/m1/s1. The van der Waals surface area contributed by atoms with Crippen molar-refractivity contribution in [1.29, 1.82) is 0 Å². The predicted molar refractivity (Wildman–Crippen MR) is 131 cm³/mol. The van der Waals surface area contributed by atoms with E-state index in [4.69, 9.17) is 4.74 Å². The molecule has 4 rings (SSSR count). The van der Waals surface area contributed by atoms with Crippen LogP contribution in [-0.4, -0.2) is 77.3 Å². The van der Waals surface area contributed by atoms with Crippen LogP contribution in [0.15, 0.2) is 54.7 Å². The van der Waals surface area contributed by atoms with Crippen molar-refractivity contribution >= 4 is 29.1 Å². The highest BCUT2D eigenvalue weighted by Crippen LogP contribution is 2.51. The van der Waals surface area contributed by atoms with Gasteiger partial charge in [0.25, 0.3) is 0 Å². The summed E-state index contributed by atoms with van der Waals surface area (Å²) in [6.45, 7) is 1.23. The van der Waals surface area contributed by atoms with Gasteiger partial charge in [-0.3, -0.25) is 19.2 Å². The number of ketones is 4. The Kier molecular flexibility index (Phi) is 7.10. The number of nitrogens with zero attached hydrogens (tertiary/aromatic N) is 2. The van der Waals surface area contributed by atoms with Gasteiger partial charge in [-0.25, -0.2) is 4.98 Å². The fourth-order valence-electron chi connectivity index (χ4n) is 4.83. The lowest BCUT2D eigenvalue weighted by atomic mass is 9.68. The summed E-state index contributed by atoms with van der Waals surface area (Å²) < 4.78 is 5.65. The summed E-state index contributed by atoms with van der Waals surface area (Å²) in [7, 11) is 0. The second-order valence-electron chi connectivity index (χ2n) is 9.00. The Hall–Kier alpha value is -4.43. The Labute approximate surface area is 220 Å². The van der Waals surface area contributed by atoms with E-state index in [2.05, 4.69) is 9.97 Å². The summed E-state index contributed by atoms with van der Waals surface area (Å²) >= 11 is 0. The molecule has 0 saturated carbocycles.